The van der Waals surface area contributed by atoms with Crippen LogP contribution in [0.2, 0.25) is 10.0 Å². The fraction of sp³-hybridized carbons (Fsp3) is 0.333. The topological polar surface area (TPSA) is 82.4 Å². The smallest absolute Gasteiger partial charge is 0.338 e. The van der Waals surface area contributed by atoms with Crippen LogP contribution in [-0.4, -0.2) is 64.0 Å². The Hall–Kier alpha value is -2.52. The van der Waals surface area contributed by atoms with Gasteiger partial charge < -0.3 is 9.47 Å². The minimum atomic E-state index is -0.370. The van der Waals surface area contributed by atoms with Crippen molar-refractivity contribution in [2.24, 2.45) is 0 Å². The summed E-state index contributed by atoms with van der Waals surface area (Å²) in [6, 6.07) is 12.1. The highest BCUT2D eigenvalue weighted by atomic mass is 35.5. The molecule has 10 heteroatoms. The molecule has 1 aromatic heterocycles. The molecule has 0 radical (unpaired) electrons. The van der Waals surface area contributed by atoms with Crippen LogP contribution in [0.15, 0.2) is 42.5 Å². The molecule has 2 aromatic carbocycles. The lowest BCUT2D eigenvalue weighted by molar-refractivity contribution is 0.0220. The fourth-order valence-corrected chi connectivity index (χ4v) is 4.07. The van der Waals surface area contributed by atoms with Gasteiger partial charge >= 0.3 is 5.97 Å². The van der Waals surface area contributed by atoms with E-state index in [0.717, 1.165) is 11.3 Å². The molecule has 1 saturated heterocycles. The average Bonchev–Trinajstić information content (AvgIpc) is 3.26. The Morgan fingerprint density at radius 1 is 1.16 bits per heavy atom. The molecule has 8 nitrogen and oxygen atoms in total. The summed E-state index contributed by atoms with van der Waals surface area (Å²) in [6.45, 7) is 4.72. The Balaban J connectivity index is 1.74. The number of hydrogen-bond donors (Lipinski definition) is 0. The van der Waals surface area contributed by atoms with Crippen LogP contribution in [0.4, 0.5) is 0 Å². The Morgan fingerprint density at radius 3 is 2.58 bits per heavy atom. The van der Waals surface area contributed by atoms with Gasteiger partial charge in [-0.05, 0) is 59.3 Å². The summed E-state index contributed by atoms with van der Waals surface area (Å²) >= 11 is 12.7. The zero-order chi connectivity index (χ0) is 21.8. The van der Waals surface area contributed by atoms with E-state index in [4.69, 9.17) is 32.7 Å². The Labute approximate surface area is 189 Å². The largest absolute Gasteiger partial charge is 0.462 e. The number of esters is 1. The molecular weight excluding hydrogens is 441 g/mol. The Bertz CT molecular complexity index is 1050. The van der Waals surface area contributed by atoms with Crippen molar-refractivity contribution < 1.29 is 14.3 Å². The number of benzene rings is 2. The number of carbonyl (C=O) groups is 1. The van der Waals surface area contributed by atoms with Gasteiger partial charge in [0.2, 0.25) is 0 Å². The third-order valence-electron chi connectivity index (χ3n) is 5.03. The SMILES string of the molecule is CCOC(=O)c1ccc(-n2nnnc2[C@@H](c2ccc(Cl)cc2Cl)N2CCOCC2)cc1. The summed E-state index contributed by atoms with van der Waals surface area (Å²) in [6.07, 6.45) is 0. The molecule has 1 aliphatic rings. The van der Waals surface area contributed by atoms with E-state index in [9.17, 15) is 4.79 Å². The van der Waals surface area contributed by atoms with E-state index in [1.807, 2.05) is 6.07 Å². The van der Waals surface area contributed by atoms with Gasteiger partial charge in [-0.3, -0.25) is 4.90 Å². The molecule has 1 fully saturated rings. The van der Waals surface area contributed by atoms with Crippen LogP contribution in [0.3, 0.4) is 0 Å². The highest BCUT2D eigenvalue weighted by Gasteiger charge is 2.31. The minimum Gasteiger partial charge on any atom is -0.462 e. The van der Waals surface area contributed by atoms with Gasteiger partial charge in [-0.25, -0.2) is 4.79 Å². The molecule has 1 aliphatic heterocycles. The van der Waals surface area contributed by atoms with Crippen molar-refractivity contribution in [3.05, 3.63) is 69.5 Å². The number of ether oxygens (including phenoxy) is 2. The monoisotopic (exact) mass is 461 g/mol. The fourth-order valence-electron chi connectivity index (χ4n) is 3.56. The molecule has 162 valence electrons. The molecular formula is C21H21Cl2N5O3. The van der Waals surface area contributed by atoms with Crippen molar-refractivity contribution in [1.29, 1.82) is 0 Å². The first kappa shape index (κ1) is 21.7. The molecule has 0 aliphatic carbocycles. The molecule has 2 heterocycles. The van der Waals surface area contributed by atoms with E-state index < -0.39 is 0 Å². The first-order valence-electron chi connectivity index (χ1n) is 9.91. The maximum Gasteiger partial charge on any atom is 0.338 e. The van der Waals surface area contributed by atoms with Crippen molar-refractivity contribution in [3.8, 4) is 5.69 Å². The molecule has 0 bridgehead atoms. The van der Waals surface area contributed by atoms with Gasteiger partial charge in [-0.15, -0.1) is 5.10 Å². The molecule has 0 unspecified atom stereocenters. The molecule has 0 spiro atoms. The van der Waals surface area contributed by atoms with E-state index >= 15 is 0 Å². The van der Waals surface area contributed by atoms with Crippen molar-refractivity contribution in [2.75, 3.05) is 32.9 Å². The minimum absolute atomic E-state index is 0.298. The maximum atomic E-state index is 12.0. The van der Waals surface area contributed by atoms with Crippen LogP contribution < -0.4 is 0 Å². The first-order valence-corrected chi connectivity index (χ1v) is 10.7. The molecule has 31 heavy (non-hydrogen) atoms. The van der Waals surface area contributed by atoms with Gasteiger partial charge in [0, 0.05) is 23.1 Å². The number of morpholine rings is 1. The lowest BCUT2D eigenvalue weighted by Gasteiger charge is -2.34. The third-order valence-corrected chi connectivity index (χ3v) is 5.59. The highest BCUT2D eigenvalue weighted by molar-refractivity contribution is 6.35. The lowest BCUT2D eigenvalue weighted by atomic mass is 10.0. The third kappa shape index (κ3) is 4.72. The van der Waals surface area contributed by atoms with Crippen molar-refractivity contribution >= 4 is 29.2 Å². The Kier molecular flexibility index (Phi) is 6.82. The lowest BCUT2D eigenvalue weighted by Crippen LogP contribution is -2.40. The van der Waals surface area contributed by atoms with Crippen LogP contribution in [0.25, 0.3) is 5.69 Å². The number of nitrogens with zero attached hydrogens (tertiary/aromatic N) is 5. The zero-order valence-corrected chi connectivity index (χ0v) is 18.4. The van der Waals surface area contributed by atoms with E-state index in [-0.39, 0.29) is 12.0 Å². The molecule has 1 atom stereocenters. The van der Waals surface area contributed by atoms with Crippen molar-refractivity contribution in [2.45, 2.75) is 13.0 Å². The van der Waals surface area contributed by atoms with Crippen molar-refractivity contribution in [1.82, 2.24) is 25.1 Å². The molecule has 3 aromatic rings. The second-order valence-corrected chi connectivity index (χ2v) is 7.78. The second kappa shape index (κ2) is 9.74. The number of halogens is 2. The summed E-state index contributed by atoms with van der Waals surface area (Å²) in [4.78, 5) is 14.2. The molecule has 4 rings (SSSR count). The number of hydrogen-bond acceptors (Lipinski definition) is 7. The van der Waals surface area contributed by atoms with Crippen molar-refractivity contribution in [3.63, 3.8) is 0 Å². The molecule has 0 N–H and O–H groups in total. The van der Waals surface area contributed by atoms with Gasteiger partial charge in [0.15, 0.2) is 5.82 Å². The van der Waals surface area contributed by atoms with E-state index in [2.05, 4.69) is 20.4 Å². The molecule has 0 amide bonds. The number of aromatic nitrogens is 4. The number of rotatable bonds is 6. The van der Waals surface area contributed by atoms with Crippen LogP contribution >= 0.6 is 23.2 Å². The summed E-state index contributed by atoms with van der Waals surface area (Å²) in [5.41, 5.74) is 2.04. The summed E-state index contributed by atoms with van der Waals surface area (Å²) in [5.74, 6) is 0.236. The summed E-state index contributed by atoms with van der Waals surface area (Å²) in [7, 11) is 0. The Morgan fingerprint density at radius 2 is 1.90 bits per heavy atom. The van der Waals surface area contributed by atoms with Crippen LogP contribution in [-0.2, 0) is 9.47 Å². The van der Waals surface area contributed by atoms with Gasteiger partial charge in [-0.2, -0.15) is 4.68 Å². The van der Waals surface area contributed by atoms with E-state index in [1.54, 1.807) is 48.0 Å². The van der Waals surface area contributed by atoms with Gasteiger partial charge in [0.05, 0.1) is 37.1 Å². The highest BCUT2D eigenvalue weighted by Crippen LogP contribution is 2.34. The summed E-state index contributed by atoms with van der Waals surface area (Å²) < 4.78 is 12.2. The quantitative estimate of drug-likeness (QED) is 0.518. The van der Waals surface area contributed by atoms with E-state index in [0.29, 0.717) is 54.3 Å². The van der Waals surface area contributed by atoms with Gasteiger partial charge in [0.1, 0.15) is 0 Å². The van der Waals surface area contributed by atoms with Gasteiger partial charge in [-0.1, -0.05) is 29.3 Å². The summed E-state index contributed by atoms with van der Waals surface area (Å²) in [5, 5.41) is 13.5. The van der Waals surface area contributed by atoms with Gasteiger partial charge in [0.25, 0.3) is 0 Å². The number of carbonyl (C=O) groups excluding carboxylic acids is 1. The zero-order valence-electron chi connectivity index (χ0n) is 16.9. The van der Waals surface area contributed by atoms with Crippen LogP contribution in [0, 0.1) is 0 Å². The first-order chi connectivity index (χ1) is 15.1. The van der Waals surface area contributed by atoms with Crippen LogP contribution in [0.1, 0.15) is 34.7 Å². The normalized spacial score (nSPS) is 15.6. The van der Waals surface area contributed by atoms with E-state index in [1.165, 1.54) is 0 Å². The number of tetrazole rings is 1. The second-order valence-electron chi connectivity index (χ2n) is 6.93. The average molecular weight is 462 g/mol. The predicted octanol–water partition coefficient (Wildman–Crippen LogP) is 3.57. The van der Waals surface area contributed by atoms with Crippen LogP contribution in [0.5, 0.6) is 0 Å². The predicted molar refractivity (Wildman–Crippen MR) is 116 cm³/mol. The molecule has 0 saturated carbocycles. The maximum absolute atomic E-state index is 12.0. The standard InChI is InChI=1S/C21H21Cl2N5O3/c1-2-31-21(29)14-3-6-16(7-4-14)28-20(24-25-26-28)19(27-9-11-30-12-10-27)17-8-5-15(22)13-18(17)23/h3-8,13,19H,2,9-12H2,1H3/t19-/m1/s1.